The first-order valence-corrected chi connectivity index (χ1v) is 7.04. The van der Waals surface area contributed by atoms with Crippen molar-refractivity contribution in [3.63, 3.8) is 0 Å². The summed E-state index contributed by atoms with van der Waals surface area (Å²) in [6.07, 6.45) is -2.15. The van der Waals surface area contributed by atoms with Crippen molar-refractivity contribution in [1.82, 2.24) is 4.65 Å². The molecule has 0 radical (unpaired) electrons. The van der Waals surface area contributed by atoms with Crippen molar-refractivity contribution in [1.29, 1.82) is 0 Å². The van der Waals surface area contributed by atoms with Crippen LogP contribution in [0.4, 0.5) is 10.5 Å². The highest BCUT2D eigenvalue weighted by Gasteiger charge is 2.37. The van der Waals surface area contributed by atoms with E-state index in [4.69, 9.17) is 9.47 Å². The minimum Gasteiger partial charge on any atom is -0.627 e. The molecule has 2 fully saturated rings. The van der Waals surface area contributed by atoms with E-state index in [9.17, 15) is 19.6 Å². The zero-order valence-corrected chi connectivity index (χ0v) is 11.8. The van der Waals surface area contributed by atoms with Gasteiger partial charge in [-0.2, -0.15) is 0 Å². The summed E-state index contributed by atoms with van der Waals surface area (Å²) < 4.78 is 9.30. The minimum absolute atomic E-state index is 0.0485. The smallest absolute Gasteiger partial charge is 0.509 e. The van der Waals surface area contributed by atoms with Gasteiger partial charge in [-0.25, -0.2) is 4.79 Å². The van der Waals surface area contributed by atoms with E-state index in [0.717, 1.165) is 0 Å². The third-order valence-corrected chi connectivity index (χ3v) is 3.81. The third-order valence-electron chi connectivity index (χ3n) is 3.81. The number of hydrogen-bond acceptors (Lipinski definition) is 6. The fourth-order valence-electron chi connectivity index (χ4n) is 2.30. The van der Waals surface area contributed by atoms with Crippen LogP contribution in [-0.2, 0) is 25.7 Å². The number of nitrogens with zero attached hydrogens (tertiary/aromatic N) is 1. The molecule has 1 saturated heterocycles. The van der Waals surface area contributed by atoms with Gasteiger partial charge in [0.1, 0.15) is 25.4 Å². The molecular formula is C15H15NO6. The second-order valence-corrected chi connectivity index (χ2v) is 5.47. The zero-order valence-electron chi connectivity index (χ0n) is 11.8. The lowest BCUT2D eigenvalue weighted by Gasteiger charge is -2.20. The van der Waals surface area contributed by atoms with E-state index in [1.165, 1.54) is 0 Å². The normalized spacial score (nSPS) is 20.0. The van der Waals surface area contributed by atoms with Crippen LogP contribution in [0.25, 0.3) is 0 Å². The van der Waals surface area contributed by atoms with E-state index in [0.29, 0.717) is 24.3 Å². The fourth-order valence-corrected chi connectivity index (χ4v) is 2.30. The molecule has 1 aliphatic heterocycles. The van der Waals surface area contributed by atoms with Crippen LogP contribution in [0.1, 0.15) is 18.4 Å². The molecule has 1 heterocycles. The second-order valence-electron chi connectivity index (χ2n) is 5.47. The van der Waals surface area contributed by atoms with Crippen molar-refractivity contribution in [2.75, 3.05) is 13.1 Å². The minimum atomic E-state index is -1.32. The molecule has 116 valence electrons. The molecule has 0 amide bonds. The van der Waals surface area contributed by atoms with E-state index in [2.05, 4.69) is 0 Å². The molecule has 1 aromatic carbocycles. The number of ketones is 2. The maximum Gasteiger partial charge on any atom is 0.509 e. The second kappa shape index (κ2) is 5.51. The van der Waals surface area contributed by atoms with E-state index in [1.54, 1.807) is 24.3 Å². The largest absolute Gasteiger partial charge is 0.627 e. The predicted octanol–water partition coefficient (Wildman–Crippen LogP) is 1.46. The molecule has 7 nitrogen and oxygen atoms in total. The van der Waals surface area contributed by atoms with Gasteiger partial charge >= 0.3 is 6.16 Å². The van der Waals surface area contributed by atoms with E-state index >= 15 is 0 Å². The molecule has 0 bridgehead atoms. The third kappa shape index (κ3) is 3.00. The van der Waals surface area contributed by atoms with Crippen LogP contribution in [-0.4, -0.2) is 36.9 Å². The van der Waals surface area contributed by atoms with Gasteiger partial charge in [0.25, 0.3) is 0 Å². The van der Waals surface area contributed by atoms with Crippen molar-refractivity contribution < 1.29 is 23.9 Å². The topological polar surface area (TPSA) is 92.7 Å². The summed E-state index contributed by atoms with van der Waals surface area (Å²) in [6, 6.07) is 6.80. The molecule has 7 heteroatoms. The number of Topliss-reactive ketones (excluding diaryl/α,β-unsaturated/α-hetero) is 2. The lowest BCUT2D eigenvalue weighted by molar-refractivity contribution is -0.134. The Bertz CT molecular complexity index is 603. The number of hydrogen-bond donors (Lipinski definition) is 0. The highest BCUT2D eigenvalue weighted by molar-refractivity contribution is 6.12. The van der Waals surface area contributed by atoms with Gasteiger partial charge in [-0.05, 0) is 29.8 Å². The molecule has 22 heavy (non-hydrogen) atoms. The number of hydroxylamine groups is 2. The highest BCUT2D eigenvalue weighted by atomic mass is 16.7. The maximum absolute atomic E-state index is 11.8. The Hall–Kier alpha value is -2.25. The number of benzene rings is 1. The van der Waals surface area contributed by atoms with Crippen LogP contribution in [0.2, 0.25) is 0 Å². The fraction of sp³-hybridized carbons (Fsp3) is 0.400. The molecule has 2 aliphatic rings. The molecule has 3 rings (SSSR count). The number of carbonyl (C=O) groups excluding carboxylic acids is 3. The SMILES string of the molecule is O=C(OCc1ccc([N+]2([O-])CC2)cc1)OC1C(=O)CCC1=O. The maximum atomic E-state index is 11.8. The van der Waals surface area contributed by atoms with Gasteiger partial charge in [0, 0.05) is 12.8 Å². The Balaban J connectivity index is 1.50. The van der Waals surface area contributed by atoms with Crippen LogP contribution in [0.5, 0.6) is 0 Å². The molecule has 0 aromatic heterocycles. The Morgan fingerprint density at radius 1 is 1.14 bits per heavy atom. The van der Waals surface area contributed by atoms with E-state index < -0.39 is 23.8 Å². The first-order valence-electron chi connectivity index (χ1n) is 7.04. The molecule has 0 atom stereocenters. The van der Waals surface area contributed by atoms with Crippen molar-refractivity contribution in [2.45, 2.75) is 25.6 Å². The average molecular weight is 305 g/mol. The summed E-state index contributed by atoms with van der Waals surface area (Å²) >= 11 is 0. The molecule has 1 aromatic rings. The van der Waals surface area contributed by atoms with Crippen LogP contribution in [0.15, 0.2) is 24.3 Å². The summed E-state index contributed by atoms with van der Waals surface area (Å²) in [5.41, 5.74) is 1.37. The van der Waals surface area contributed by atoms with Gasteiger partial charge in [-0.1, -0.05) is 0 Å². The lowest BCUT2D eigenvalue weighted by Crippen LogP contribution is -2.28. The lowest BCUT2D eigenvalue weighted by atomic mass is 10.2. The molecule has 1 saturated carbocycles. The summed E-state index contributed by atoms with van der Waals surface area (Å²) in [5, 5.41) is 11.8. The first kappa shape index (κ1) is 14.7. The summed E-state index contributed by atoms with van der Waals surface area (Å²) in [5.74, 6) is -0.788. The van der Waals surface area contributed by atoms with Gasteiger partial charge in [0.15, 0.2) is 11.6 Å². The molecule has 1 aliphatic carbocycles. The van der Waals surface area contributed by atoms with Gasteiger partial charge in [-0.15, -0.1) is 0 Å². The summed E-state index contributed by atoms with van der Waals surface area (Å²) in [4.78, 5) is 34.2. The van der Waals surface area contributed by atoms with E-state index in [1.807, 2.05) is 0 Å². The van der Waals surface area contributed by atoms with Crippen LogP contribution >= 0.6 is 0 Å². The quantitative estimate of drug-likeness (QED) is 0.275. The van der Waals surface area contributed by atoms with E-state index in [-0.39, 0.29) is 24.1 Å². The Morgan fingerprint density at radius 2 is 1.73 bits per heavy atom. The molecular weight excluding hydrogens is 290 g/mol. The van der Waals surface area contributed by atoms with Crippen molar-refractivity contribution in [2.24, 2.45) is 0 Å². The molecule has 0 unspecified atom stereocenters. The summed E-state index contributed by atoms with van der Waals surface area (Å²) in [7, 11) is 0. The Labute approximate surface area is 126 Å². The Morgan fingerprint density at radius 3 is 2.27 bits per heavy atom. The predicted molar refractivity (Wildman–Crippen MR) is 75.6 cm³/mol. The highest BCUT2D eigenvalue weighted by Crippen LogP contribution is 2.30. The van der Waals surface area contributed by atoms with Crippen LogP contribution in [0.3, 0.4) is 0 Å². The monoisotopic (exact) mass is 305 g/mol. The number of quaternary nitrogens is 1. The van der Waals surface area contributed by atoms with Gasteiger partial charge in [-0.3, -0.25) is 9.59 Å². The van der Waals surface area contributed by atoms with Crippen molar-refractivity contribution >= 4 is 23.4 Å². The van der Waals surface area contributed by atoms with Crippen LogP contribution in [0, 0.1) is 5.21 Å². The number of rotatable bonds is 4. The average Bonchev–Trinajstić information content (AvgIpc) is 3.19. The van der Waals surface area contributed by atoms with Crippen molar-refractivity contribution in [3.8, 4) is 0 Å². The number of ether oxygens (including phenoxy) is 2. The van der Waals surface area contributed by atoms with Crippen LogP contribution < -0.4 is 4.65 Å². The molecule has 0 spiro atoms. The standard InChI is InChI=1S/C15H15NO6/c17-12-5-6-13(18)14(12)22-15(19)21-9-10-1-3-11(4-2-10)16(20)7-8-16/h1-4,14H,5-9H2. The van der Waals surface area contributed by atoms with Gasteiger partial charge in [0.2, 0.25) is 6.10 Å². The zero-order chi connectivity index (χ0) is 15.7. The molecule has 0 N–H and O–H groups in total. The van der Waals surface area contributed by atoms with Crippen molar-refractivity contribution in [3.05, 3.63) is 35.0 Å². The Kier molecular flexibility index (Phi) is 3.67. The van der Waals surface area contributed by atoms with Gasteiger partial charge in [0.05, 0.1) is 0 Å². The summed E-state index contributed by atoms with van der Waals surface area (Å²) in [6.45, 7) is 1.13. The number of carbonyl (C=O) groups is 3. The first-order chi connectivity index (χ1) is 10.5. The van der Waals surface area contributed by atoms with Gasteiger partial charge < -0.3 is 19.3 Å².